The van der Waals surface area contributed by atoms with E-state index < -0.39 is 36.7 Å². The van der Waals surface area contributed by atoms with Gasteiger partial charge in [0.05, 0.1) is 53.2 Å². The number of carbonyl (C=O) groups excluding carboxylic acids is 4. The lowest BCUT2D eigenvalue weighted by Crippen LogP contribution is -2.45. The van der Waals surface area contributed by atoms with Crippen LogP contribution in [-0.4, -0.2) is 107 Å². The summed E-state index contributed by atoms with van der Waals surface area (Å²) >= 11 is 0. The number of amides is 2. The molecule has 2 aromatic carbocycles. The number of hydrogen-bond acceptors (Lipinski definition) is 10. The van der Waals surface area contributed by atoms with Crippen molar-refractivity contribution < 1.29 is 47.6 Å². The van der Waals surface area contributed by atoms with E-state index in [4.69, 9.17) is 23.7 Å². The standard InChI is InChI=1S/C33H44N2O10/c1-33(2,3)45-31(38)22-35(21-29(36)34-14-16-42-18-20-43-19-17-41-15-13-30(37)40-4)32(39)44-23-28-26-11-7-5-9-24(26)25-10-6-8-12-27(25)28/h5-12,28H,13-23H2,1-4H3,(H,34,36). The summed E-state index contributed by atoms with van der Waals surface area (Å²) in [5, 5.41) is 2.69. The number of nitrogens with one attached hydrogen (secondary N) is 1. The van der Waals surface area contributed by atoms with Gasteiger partial charge in [-0.3, -0.25) is 19.3 Å². The molecule has 12 heteroatoms. The van der Waals surface area contributed by atoms with Crippen molar-refractivity contribution in [3.63, 3.8) is 0 Å². The second-order valence-electron chi connectivity index (χ2n) is 11.3. The molecule has 0 fully saturated rings. The van der Waals surface area contributed by atoms with Crippen LogP contribution in [0.1, 0.15) is 44.2 Å². The summed E-state index contributed by atoms with van der Waals surface area (Å²) in [5.74, 6) is -1.62. The van der Waals surface area contributed by atoms with E-state index in [0.717, 1.165) is 27.2 Å². The molecule has 12 nitrogen and oxygen atoms in total. The Bertz CT molecular complexity index is 1230. The van der Waals surface area contributed by atoms with Crippen LogP contribution >= 0.6 is 0 Å². The molecule has 1 aliphatic carbocycles. The summed E-state index contributed by atoms with van der Waals surface area (Å²) in [5.41, 5.74) is 3.53. The molecule has 246 valence electrons. The van der Waals surface area contributed by atoms with E-state index in [-0.39, 0.29) is 44.7 Å². The zero-order valence-electron chi connectivity index (χ0n) is 26.5. The minimum absolute atomic E-state index is 0.0504. The first kappa shape index (κ1) is 35.5. The third-order valence-electron chi connectivity index (χ3n) is 6.66. The fourth-order valence-corrected chi connectivity index (χ4v) is 4.69. The van der Waals surface area contributed by atoms with Gasteiger partial charge in [-0.25, -0.2) is 4.79 Å². The molecule has 0 unspecified atom stereocenters. The Morgan fingerprint density at radius 3 is 1.89 bits per heavy atom. The number of carbonyl (C=O) groups is 4. The van der Waals surface area contributed by atoms with E-state index in [1.54, 1.807) is 20.8 Å². The van der Waals surface area contributed by atoms with Crippen molar-refractivity contribution in [3.05, 3.63) is 59.7 Å². The van der Waals surface area contributed by atoms with E-state index in [9.17, 15) is 19.2 Å². The minimum atomic E-state index is -0.791. The molecular weight excluding hydrogens is 584 g/mol. The molecule has 0 spiro atoms. The Balaban J connectivity index is 1.43. The number of fused-ring (bicyclic) bond motifs is 3. The summed E-state index contributed by atoms with van der Waals surface area (Å²) in [7, 11) is 1.32. The van der Waals surface area contributed by atoms with Crippen LogP contribution in [0.3, 0.4) is 0 Å². The Kier molecular flexibility index (Phi) is 14.3. The first-order chi connectivity index (χ1) is 21.6. The van der Waals surface area contributed by atoms with Gasteiger partial charge < -0.3 is 33.7 Å². The number of benzene rings is 2. The van der Waals surface area contributed by atoms with Crippen molar-refractivity contribution >= 4 is 23.9 Å². The lowest BCUT2D eigenvalue weighted by molar-refractivity contribution is -0.155. The van der Waals surface area contributed by atoms with E-state index in [1.165, 1.54) is 7.11 Å². The molecule has 1 aliphatic rings. The first-order valence-electron chi connectivity index (χ1n) is 15.0. The van der Waals surface area contributed by atoms with Crippen LogP contribution in [0.25, 0.3) is 11.1 Å². The quantitative estimate of drug-likeness (QED) is 0.149. The van der Waals surface area contributed by atoms with Crippen molar-refractivity contribution in [2.45, 2.75) is 38.7 Å². The van der Waals surface area contributed by atoms with Crippen LogP contribution in [0.5, 0.6) is 0 Å². The van der Waals surface area contributed by atoms with Crippen LogP contribution < -0.4 is 5.32 Å². The molecular formula is C33H44N2O10. The predicted octanol–water partition coefficient (Wildman–Crippen LogP) is 3.31. The highest BCUT2D eigenvalue weighted by molar-refractivity contribution is 5.85. The highest BCUT2D eigenvalue weighted by Crippen LogP contribution is 2.44. The second-order valence-corrected chi connectivity index (χ2v) is 11.3. The molecule has 0 aromatic heterocycles. The molecule has 0 saturated carbocycles. The number of ether oxygens (including phenoxy) is 6. The lowest BCUT2D eigenvalue weighted by Gasteiger charge is -2.25. The molecule has 0 bridgehead atoms. The number of hydrogen-bond donors (Lipinski definition) is 1. The van der Waals surface area contributed by atoms with Gasteiger partial charge in [-0.15, -0.1) is 0 Å². The van der Waals surface area contributed by atoms with Crippen molar-refractivity contribution in [1.29, 1.82) is 0 Å². The normalized spacial score (nSPS) is 12.2. The average molecular weight is 629 g/mol. The third-order valence-corrected chi connectivity index (χ3v) is 6.66. The SMILES string of the molecule is COC(=O)CCOCCOCCOCCNC(=O)CN(CC(=O)OC(C)(C)C)C(=O)OCC1c2ccccc2-c2ccccc21. The second kappa shape index (κ2) is 18.1. The summed E-state index contributed by atoms with van der Waals surface area (Å²) in [4.78, 5) is 50.5. The molecule has 0 atom stereocenters. The van der Waals surface area contributed by atoms with Crippen LogP contribution in [0.4, 0.5) is 4.79 Å². The number of methoxy groups -OCH3 is 1. The van der Waals surface area contributed by atoms with Crippen molar-refractivity contribution in [2.24, 2.45) is 0 Å². The zero-order chi connectivity index (χ0) is 32.7. The fourth-order valence-electron chi connectivity index (χ4n) is 4.69. The molecule has 2 amide bonds. The van der Waals surface area contributed by atoms with Crippen LogP contribution in [-0.2, 0) is 42.8 Å². The van der Waals surface area contributed by atoms with Crippen LogP contribution in [0, 0.1) is 0 Å². The van der Waals surface area contributed by atoms with Gasteiger partial charge in [-0.2, -0.15) is 0 Å². The van der Waals surface area contributed by atoms with Gasteiger partial charge in [0.15, 0.2) is 0 Å². The third kappa shape index (κ3) is 12.1. The number of rotatable bonds is 18. The molecule has 1 N–H and O–H groups in total. The fraction of sp³-hybridized carbons (Fsp3) is 0.515. The Hall–Kier alpha value is -4.00. The number of nitrogens with zero attached hydrogens (tertiary/aromatic N) is 1. The molecule has 0 aliphatic heterocycles. The van der Waals surface area contributed by atoms with E-state index >= 15 is 0 Å². The van der Waals surface area contributed by atoms with E-state index in [2.05, 4.69) is 10.1 Å². The van der Waals surface area contributed by atoms with Gasteiger partial charge in [0, 0.05) is 12.5 Å². The largest absolute Gasteiger partial charge is 0.469 e. The highest BCUT2D eigenvalue weighted by Gasteiger charge is 2.31. The molecule has 45 heavy (non-hydrogen) atoms. The topological polar surface area (TPSA) is 139 Å². The smallest absolute Gasteiger partial charge is 0.410 e. The summed E-state index contributed by atoms with van der Waals surface area (Å²) < 4.78 is 31.7. The van der Waals surface area contributed by atoms with Crippen LogP contribution in [0.2, 0.25) is 0 Å². The predicted molar refractivity (Wildman–Crippen MR) is 165 cm³/mol. The monoisotopic (exact) mass is 628 g/mol. The van der Waals surface area contributed by atoms with Crippen molar-refractivity contribution in [2.75, 3.05) is 73.0 Å². The van der Waals surface area contributed by atoms with Crippen molar-refractivity contribution in [3.8, 4) is 11.1 Å². The van der Waals surface area contributed by atoms with Gasteiger partial charge in [0.1, 0.15) is 25.3 Å². The van der Waals surface area contributed by atoms with Gasteiger partial charge in [-0.1, -0.05) is 48.5 Å². The molecule has 2 aromatic rings. The van der Waals surface area contributed by atoms with E-state index in [1.807, 2.05) is 48.5 Å². The zero-order valence-corrected chi connectivity index (χ0v) is 26.5. The lowest BCUT2D eigenvalue weighted by atomic mass is 9.98. The number of esters is 2. The van der Waals surface area contributed by atoms with Crippen molar-refractivity contribution in [1.82, 2.24) is 10.2 Å². The van der Waals surface area contributed by atoms with Gasteiger partial charge in [-0.05, 0) is 43.0 Å². The average Bonchev–Trinajstić information content (AvgIpc) is 3.32. The molecule has 0 saturated heterocycles. The highest BCUT2D eigenvalue weighted by atomic mass is 16.6. The molecule has 3 rings (SSSR count). The van der Waals surface area contributed by atoms with E-state index in [0.29, 0.717) is 26.4 Å². The van der Waals surface area contributed by atoms with Gasteiger partial charge >= 0.3 is 18.0 Å². The van der Waals surface area contributed by atoms with Gasteiger partial charge in [0.2, 0.25) is 5.91 Å². The summed E-state index contributed by atoms with van der Waals surface area (Å²) in [6.45, 7) is 6.41. The molecule has 0 radical (unpaired) electrons. The Morgan fingerprint density at radius 1 is 0.756 bits per heavy atom. The maximum Gasteiger partial charge on any atom is 0.410 e. The summed E-state index contributed by atoms with van der Waals surface area (Å²) in [6.07, 6.45) is -0.601. The minimum Gasteiger partial charge on any atom is -0.469 e. The maximum absolute atomic E-state index is 13.2. The Labute approximate surface area is 264 Å². The van der Waals surface area contributed by atoms with Crippen LogP contribution in [0.15, 0.2) is 48.5 Å². The van der Waals surface area contributed by atoms with Gasteiger partial charge in [0.25, 0.3) is 0 Å². The molecule has 0 heterocycles. The maximum atomic E-state index is 13.2. The first-order valence-corrected chi connectivity index (χ1v) is 15.0. The summed E-state index contributed by atoms with van der Waals surface area (Å²) in [6, 6.07) is 15.9. The Morgan fingerprint density at radius 2 is 1.31 bits per heavy atom.